The number of anilines is 1. The molecule has 0 radical (unpaired) electrons. The van der Waals surface area contributed by atoms with E-state index in [9.17, 15) is 4.79 Å². The molecule has 0 spiro atoms. The number of thioether (sulfide) groups is 1. The molecule has 2 aromatic rings. The summed E-state index contributed by atoms with van der Waals surface area (Å²) in [6, 6.07) is 14.1. The minimum Gasteiger partial charge on any atom is -0.497 e. The Balaban J connectivity index is 1.43. The predicted octanol–water partition coefficient (Wildman–Crippen LogP) is 4.05. The first-order valence-corrected chi connectivity index (χ1v) is 11.1. The molecule has 3 rings (SSSR count). The number of amides is 1. The van der Waals surface area contributed by atoms with Gasteiger partial charge < -0.3 is 19.3 Å². The maximum Gasteiger partial charge on any atom is 0.232 e. The van der Waals surface area contributed by atoms with Crippen molar-refractivity contribution in [2.24, 2.45) is 0 Å². The van der Waals surface area contributed by atoms with Crippen molar-refractivity contribution in [1.82, 2.24) is 4.90 Å². The molecule has 150 valence electrons. The third-order valence-electron chi connectivity index (χ3n) is 4.78. The Bertz CT molecular complexity index is 793. The average Bonchev–Trinajstić information content (AvgIpc) is 2.74. The molecule has 1 aliphatic heterocycles. The molecule has 0 unspecified atom stereocenters. The number of benzene rings is 2. The van der Waals surface area contributed by atoms with E-state index < -0.39 is 0 Å². The molecule has 5 nitrogen and oxygen atoms in total. The largest absolute Gasteiger partial charge is 0.497 e. The van der Waals surface area contributed by atoms with E-state index in [1.54, 1.807) is 26.0 Å². The van der Waals surface area contributed by atoms with Gasteiger partial charge >= 0.3 is 0 Å². The summed E-state index contributed by atoms with van der Waals surface area (Å²) in [4.78, 5) is 16.8. The smallest absolute Gasteiger partial charge is 0.232 e. The number of carbonyl (C=O) groups excluding carboxylic acids is 1. The van der Waals surface area contributed by atoms with Gasteiger partial charge in [0.1, 0.15) is 11.5 Å². The summed E-state index contributed by atoms with van der Waals surface area (Å²) in [7, 11) is 3.33. The number of carbonyl (C=O) groups is 1. The van der Waals surface area contributed by atoms with E-state index in [4.69, 9.17) is 9.47 Å². The highest BCUT2D eigenvalue weighted by atomic mass is 79.9. The number of piperazine rings is 1. The number of methoxy groups -OCH3 is 2. The Morgan fingerprint density at radius 1 is 1.04 bits per heavy atom. The number of hydrogen-bond donors (Lipinski definition) is 0. The molecule has 0 N–H and O–H groups in total. The van der Waals surface area contributed by atoms with Crippen molar-refractivity contribution in [3.8, 4) is 11.5 Å². The van der Waals surface area contributed by atoms with Crippen molar-refractivity contribution in [1.29, 1.82) is 0 Å². The molecule has 0 aliphatic carbocycles. The van der Waals surface area contributed by atoms with Crippen molar-refractivity contribution >= 4 is 39.3 Å². The molecular formula is C21H25BrN2O3S. The first-order valence-electron chi connectivity index (χ1n) is 9.17. The summed E-state index contributed by atoms with van der Waals surface area (Å²) >= 11 is 5.15. The van der Waals surface area contributed by atoms with Crippen molar-refractivity contribution < 1.29 is 14.3 Å². The first-order chi connectivity index (χ1) is 13.6. The van der Waals surface area contributed by atoms with Gasteiger partial charge in [0.2, 0.25) is 5.91 Å². The Hall–Kier alpha value is -1.86. The minimum atomic E-state index is 0.215. The molecule has 1 saturated heterocycles. The van der Waals surface area contributed by atoms with Gasteiger partial charge in [-0.15, -0.1) is 11.8 Å². The van der Waals surface area contributed by atoms with Gasteiger partial charge in [0.05, 0.1) is 24.4 Å². The highest BCUT2D eigenvalue weighted by Crippen LogP contribution is 2.27. The second-order valence-electron chi connectivity index (χ2n) is 6.53. The van der Waals surface area contributed by atoms with Gasteiger partial charge in [-0.25, -0.2) is 0 Å². The molecule has 1 fully saturated rings. The molecule has 28 heavy (non-hydrogen) atoms. The fraction of sp³-hybridized carbons (Fsp3) is 0.381. The fourth-order valence-electron chi connectivity index (χ4n) is 3.15. The molecule has 0 atom stereocenters. The second kappa shape index (κ2) is 10.1. The van der Waals surface area contributed by atoms with Crippen LogP contribution < -0.4 is 14.4 Å². The molecule has 1 heterocycles. The molecule has 0 bridgehead atoms. The summed E-state index contributed by atoms with van der Waals surface area (Å²) in [5.74, 6) is 3.21. The molecule has 0 aromatic heterocycles. The monoisotopic (exact) mass is 464 g/mol. The summed E-state index contributed by atoms with van der Waals surface area (Å²) in [6.07, 6.45) is 0. The van der Waals surface area contributed by atoms with Gasteiger partial charge in [-0.2, -0.15) is 0 Å². The van der Waals surface area contributed by atoms with Crippen LogP contribution in [0.4, 0.5) is 5.69 Å². The van der Waals surface area contributed by atoms with Crippen LogP contribution in [-0.4, -0.2) is 57.0 Å². The molecule has 1 amide bonds. The van der Waals surface area contributed by atoms with Crippen LogP contribution in [0.3, 0.4) is 0 Å². The van der Waals surface area contributed by atoms with Gasteiger partial charge in [-0.05, 0) is 57.9 Å². The Kier molecular flexibility index (Phi) is 7.50. The lowest BCUT2D eigenvalue weighted by Gasteiger charge is -2.36. The fourth-order valence-corrected chi connectivity index (χ4v) is 4.62. The molecular weight excluding hydrogens is 440 g/mol. The lowest BCUT2D eigenvalue weighted by molar-refractivity contribution is -0.128. The van der Waals surface area contributed by atoms with Gasteiger partial charge in [0.15, 0.2) is 0 Å². The zero-order valence-electron chi connectivity index (χ0n) is 16.2. The highest BCUT2D eigenvalue weighted by molar-refractivity contribution is 9.10. The number of halogens is 1. The van der Waals surface area contributed by atoms with E-state index in [0.29, 0.717) is 5.75 Å². The standard InChI is InChI=1S/C21H25BrN2O3S/c1-26-18-6-4-17(5-7-18)23-9-11-24(12-10-23)21(25)15-28-14-16-3-8-20(27-2)19(22)13-16/h3-8,13H,9-12,14-15H2,1-2H3. The lowest BCUT2D eigenvalue weighted by atomic mass is 10.2. The third-order valence-corrected chi connectivity index (χ3v) is 6.39. The quantitative estimate of drug-likeness (QED) is 0.618. The van der Waals surface area contributed by atoms with Crippen LogP contribution in [0.5, 0.6) is 11.5 Å². The maximum atomic E-state index is 12.5. The van der Waals surface area contributed by atoms with E-state index in [1.165, 1.54) is 11.3 Å². The van der Waals surface area contributed by atoms with Crippen molar-refractivity contribution in [3.63, 3.8) is 0 Å². The maximum absolute atomic E-state index is 12.5. The zero-order valence-corrected chi connectivity index (χ0v) is 18.6. The van der Waals surface area contributed by atoms with E-state index in [2.05, 4.69) is 33.0 Å². The summed E-state index contributed by atoms with van der Waals surface area (Å²) < 4.78 is 11.4. The average molecular weight is 465 g/mol. The van der Waals surface area contributed by atoms with Crippen LogP contribution in [-0.2, 0) is 10.5 Å². The molecule has 7 heteroatoms. The normalized spacial score (nSPS) is 14.1. The van der Waals surface area contributed by atoms with Crippen molar-refractivity contribution in [2.75, 3.05) is 51.1 Å². The Morgan fingerprint density at radius 2 is 1.75 bits per heavy atom. The minimum absolute atomic E-state index is 0.215. The van der Waals surface area contributed by atoms with E-state index >= 15 is 0 Å². The van der Waals surface area contributed by atoms with Gasteiger partial charge in [0.25, 0.3) is 0 Å². The van der Waals surface area contributed by atoms with Gasteiger partial charge in [-0.1, -0.05) is 6.07 Å². The first kappa shape index (κ1) is 20.9. The number of ether oxygens (including phenoxy) is 2. The van der Waals surface area contributed by atoms with Crippen LogP contribution >= 0.6 is 27.7 Å². The van der Waals surface area contributed by atoms with E-state index in [-0.39, 0.29) is 5.91 Å². The highest BCUT2D eigenvalue weighted by Gasteiger charge is 2.21. The zero-order chi connectivity index (χ0) is 19.9. The van der Waals surface area contributed by atoms with Crippen LogP contribution in [0.1, 0.15) is 5.56 Å². The topological polar surface area (TPSA) is 42.0 Å². The number of rotatable bonds is 7. The molecule has 1 aliphatic rings. The van der Waals surface area contributed by atoms with Crippen LogP contribution in [0, 0.1) is 0 Å². The molecule has 0 saturated carbocycles. The van der Waals surface area contributed by atoms with Crippen LogP contribution in [0.15, 0.2) is 46.9 Å². The van der Waals surface area contributed by atoms with Crippen LogP contribution in [0.2, 0.25) is 0 Å². The lowest BCUT2D eigenvalue weighted by Crippen LogP contribution is -2.49. The Morgan fingerprint density at radius 3 is 2.36 bits per heavy atom. The van der Waals surface area contributed by atoms with Gasteiger partial charge in [-0.3, -0.25) is 4.79 Å². The van der Waals surface area contributed by atoms with Crippen molar-refractivity contribution in [2.45, 2.75) is 5.75 Å². The summed E-state index contributed by atoms with van der Waals surface area (Å²) in [5, 5.41) is 0. The molecule has 2 aromatic carbocycles. The van der Waals surface area contributed by atoms with Gasteiger partial charge in [0, 0.05) is 37.6 Å². The van der Waals surface area contributed by atoms with Crippen LogP contribution in [0.25, 0.3) is 0 Å². The SMILES string of the molecule is COc1ccc(N2CCN(C(=O)CSCc3ccc(OC)c(Br)c3)CC2)cc1. The number of hydrogen-bond acceptors (Lipinski definition) is 5. The second-order valence-corrected chi connectivity index (χ2v) is 8.37. The summed E-state index contributed by atoms with van der Waals surface area (Å²) in [6.45, 7) is 3.24. The third kappa shape index (κ3) is 5.35. The summed E-state index contributed by atoms with van der Waals surface area (Å²) in [5.41, 5.74) is 2.35. The van der Waals surface area contributed by atoms with E-state index in [1.807, 2.05) is 35.2 Å². The van der Waals surface area contributed by atoms with E-state index in [0.717, 1.165) is 47.9 Å². The predicted molar refractivity (Wildman–Crippen MR) is 119 cm³/mol. The number of nitrogens with zero attached hydrogens (tertiary/aromatic N) is 2. The Labute approximate surface area is 179 Å². The van der Waals surface area contributed by atoms with Crippen molar-refractivity contribution in [3.05, 3.63) is 52.5 Å².